The van der Waals surface area contributed by atoms with Crippen molar-refractivity contribution in [3.8, 4) is 0 Å². The molecule has 0 unspecified atom stereocenters. The first-order valence-corrected chi connectivity index (χ1v) is 5.95. The van der Waals surface area contributed by atoms with Crippen LogP contribution >= 0.6 is 0 Å². The van der Waals surface area contributed by atoms with Gasteiger partial charge >= 0.3 is 5.97 Å². The van der Waals surface area contributed by atoms with E-state index in [1.807, 2.05) is 0 Å². The summed E-state index contributed by atoms with van der Waals surface area (Å²) >= 11 is 0. The van der Waals surface area contributed by atoms with Crippen molar-refractivity contribution < 1.29 is 18.3 Å². The Morgan fingerprint density at radius 3 is 2.69 bits per heavy atom. The molecule has 90 valence electrons. The average Bonchev–Trinajstić information content (AvgIpc) is 2.68. The van der Waals surface area contributed by atoms with Crippen LogP contribution < -0.4 is 4.72 Å². The monoisotopic (exact) mass is 247 g/mol. The molecule has 1 rings (SSSR count). The molecule has 3 N–H and O–H groups in total. The van der Waals surface area contributed by atoms with Gasteiger partial charge in [-0.1, -0.05) is 0 Å². The third-order valence-corrected chi connectivity index (χ3v) is 3.37. The Morgan fingerprint density at radius 1 is 1.62 bits per heavy atom. The molecule has 1 heterocycles. The number of aromatic amines is 1. The van der Waals surface area contributed by atoms with E-state index in [4.69, 9.17) is 5.11 Å². The minimum absolute atomic E-state index is 0.0892. The van der Waals surface area contributed by atoms with Gasteiger partial charge in [-0.25, -0.2) is 18.1 Å². The molecule has 0 spiro atoms. The number of hydrogen-bond donors (Lipinski definition) is 3. The number of nitrogens with zero attached hydrogens (tertiary/aromatic N) is 1. The molecule has 0 aliphatic carbocycles. The van der Waals surface area contributed by atoms with Gasteiger partial charge in [0.15, 0.2) is 5.03 Å². The van der Waals surface area contributed by atoms with Gasteiger partial charge in [-0.15, -0.1) is 0 Å². The summed E-state index contributed by atoms with van der Waals surface area (Å²) in [7, 11) is -3.72. The molecule has 0 saturated carbocycles. The van der Waals surface area contributed by atoms with Gasteiger partial charge in [0.05, 0.1) is 17.9 Å². The summed E-state index contributed by atoms with van der Waals surface area (Å²) in [5, 5.41) is 8.72. The SMILES string of the molecule is CC(C)(CNS(=O)(=O)c1cnc[nH]1)C(=O)O. The van der Waals surface area contributed by atoms with E-state index in [1.165, 1.54) is 20.2 Å². The molecule has 0 aliphatic heterocycles. The number of H-pyrrole nitrogens is 1. The fourth-order valence-electron chi connectivity index (χ4n) is 0.819. The topological polar surface area (TPSA) is 112 Å². The maximum absolute atomic E-state index is 11.6. The number of imidazole rings is 1. The van der Waals surface area contributed by atoms with Gasteiger partial charge in [-0.05, 0) is 13.8 Å². The highest BCUT2D eigenvalue weighted by molar-refractivity contribution is 7.89. The van der Waals surface area contributed by atoms with Gasteiger partial charge in [0.1, 0.15) is 0 Å². The Labute approximate surface area is 93.0 Å². The van der Waals surface area contributed by atoms with Crippen LogP contribution in [0, 0.1) is 5.41 Å². The second-order valence-electron chi connectivity index (χ2n) is 3.93. The zero-order valence-corrected chi connectivity index (χ0v) is 9.71. The van der Waals surface area contributed by atoms with Crippen molar-refractivity contribution in [2.75, 3.05) is 6.54 Å². The molecule has 0 atom stereocenters. The largest absolute Gasteiger partial charge is 0.481 e. The second-order valence-corrected chi connectivity index (χ2v) is 5.66. The number of nitrogens with one attached hydrogen (secondary N) is 2. The number of carboxylic acid groups (broad SMARTS) is 1. The average molecular weight is 247 g/mol. The number of aromatic nitrogens is 2. The number of rotatable bonds is 5. The zero-order chi connectivity index (χ0) is 12.4. The molecule has 0 radical (unpaired) electrons. The number of sulfonamides is 1. The maximum atomic E-state index is 11.6. The van der Waals surface area contributed by atoms with Crippen LogP contribution in [0.5, 0.6) is 0 Å². The van der Waals surface area contributed by atoms with Crippen LogP contribution in [0.3, 0.4) is 0 Å². The van der Waals surface area contributed by atoms with Crippen LogP contribution in [0.1, 0.15) is 13.8 Å². The van der Waals surface area contributed by atoms with Crippen LogP contribution in [0.15, 0.2) is 17.6 Å². The number of carbonyl (C=O) groups is 1. The van der Waals surface area contributed by atoms with Gasteiger partial charge in [0, 0.05) is 6.54 Å². The quantitative estimate of drug-likeness (QED) is 0.667. The second kappa shape index (κ2) is 4.22. The Bertz CT molecular complexity index is 463. The highest BCUT2D eigenvalue weighted by Gasteiger charge is 2.29. The fraction of sp³-hybridized carbons (Fsp3) is 0.500. The van der Waals surface area contributed by atoms with Crippen molar-refractivity contribution in [2.45, 2.75) is 18.9 Å². The first-order chi connectivity index (χ1) is 7.26. The molecule has 0 aliphatic rings. The summed E-state index contributed by atoms with van der Waals surface area (Å²) in [6.45, 7) is 2.68. The van der Waals surface area contributed by atoms with E-state index in [-0.39, 0.29) is 11.6 Å². The molecule has 0 bridgehead atoms. The van der Waals surface area contributed by atoms with E-state index in [1.54, 1.807) is 0 Å². The maximum Gasteiger partial charge on any atom is 0.310 e. The normalized spacial score (nSPS) is 12.6. The molecule has 1 aromatic heterocycles. The van der Waals surface area contributed by atoms with E-state index in [0.717, 1.165) is 6.20 Å². The van der Waals surface area contributed by atoms with E-state index >= 15 is 0 Å². The summed E-state index contributed by atoms with van der Waals surface area (Å²) in [6, 6.07) is 0. The van der Waals surface area contributed by atoms with Crippen molar-refractivity contribution in [1.82, 2.24) is 14.7 Å². The standard InChI is InChI=1S/C8H13N3O4S/c1-8(2,7(12)13)4-11-16(14,15)6-3-9-5-10-6/h3,5,11H,4H2,1-2H3,(H,9,10)(H,12,13). The van der Waals surface area contributed by atoms with Gasteiger partial charge in [0.25, 0.3) is 10.0 Å². The third kappa shape index (κ3) is 2.80. The molecule has 0 amide bonds. The highest BCUT2D eigenvalue weighted by atomic mass is 32.2. The zero-order valence-electron chi connectivity index (χ0n) is 8.89. The summed E-state index contributed by atoms with van der Waals surface area (Å²) in [5.74, 6) is -1.07. The Kier molecular flexibility index (Phi) is 3.34. The van der Waals surface area contributed by atoms with Gasteiger partial charge in [-0.2, -0.15) is 0 Å². The lowest BCUT2D eigenvalue weighted by Crippen LogP contribution is -2.38. The first kappa shape index (κ1) is 12.7. The van der Waals surface area contributed by atoms with Gasteiger partial charge < -0.3 is 10.1 Å². The lowest BCUT2D eigenvalue weighted by molar-refractivity contribution is -0.146. The predicted octanol–water partition coefficient (Wildman–Crippen LogP) is -0.201. The molecule has 0 fully saturated rings. The molecule has 8 heteroatoms. The van der Waals surface area contributed by atoms with Crippen molar-refractivity contribution in [3.63, 3.8) is 0 Å². The fourth-order valence-corrected chi connectivity index (χ4v) is 1.93. The lowest BCUT2D eigenvalue weighted by atomic mass is 9.95. The first-order valence-electron chi connectivity index (χ1n) is 4.47. The molecular formula is C8H13N3O4S. The minimum Gasteiger partial charge on any atom is -0.481 e. The molecule has 7 nitrogen and oxygen atoms in total. The Morgan fingerprint density at radius 2 is 2.25 bits per heavy atom. The van der Waals surface area contributed by atoms with Gasteiger partial charge in [0.2, 0.25) is 0 Å². The lowest BCUT2D eigenvalue weighted by Gasteiger charge is -2.18. The summed E-state index contributed by atoms with van der Waals surface area (Å²) < 4.78 is 25.4. The van der Waals surface area contributed by atoms with Crippen molar-refractivity contribution >= 4 is 16.0 Å². The van der Waals surface area contributed by atoms with Crippen LogP contribution in [0.4, 0.5) is 0 Å². The molecule has 0 aromatic carbocycles. The van der Waals surface area contributed by atoms with E-state index in [0.29, 0.717) is 0 Å². The molecular weight excluding hydrogens is 234 g/mol. The Hall–Kier alpha value is -1.41. The van der Waals surface area contributed by atoms with Crippen LogP contribution in [0.2, 0.25) is 0 Å². The van der Waals surface area contributed by atoms with Crippen LogP contribution in [0.25, 0.3) is 0 Å². The Balaban J connectivity index is 2.74. The van der Waals surface area contributed by atoms with E-state index in [2.05, 4.69) is 14.7 Å². The predicted molar refractivity (Wildman–Crippen MR) is 55.2 cm³/mol. The van der Waals surface area contributed by atoms with E-state index < -0.39 is 21.4 Å². The minimum atomic E-state index is -3.72. The molecule has 0 saturated heterocycles. The van der Waals surface area contributed by atoms with Crippen molar-refractivity contribution in [2.24, 2.45) is 5.41 Å². The smallest absolute Gasteiger partial charge is 0.310 e. The summed E-state index contributed by atoms with van der Waals surface area (Å²) in [4.78, 5) is 16.8. The number of hydrogen-bond acceptors (Lipinski definition) is 4. The van der Waals surface area contributed by atoms with Crippen molar-refractivity contribution in [3.05, 3.63) is 12.5 Å². The van der Waals surface area contributed by atoms with Crippen LogP contribution in [-0.2, 0) is 14.8 Å². The summed E-state index contributed by atoms with van der Waals surface area (Å²) in [5.41, 5.74) is -1.16. The van der Waals surface area contributed by atoms with E-state index in [9.17, 15) is 13.2 Å². The number of aliphatic carboxylic acids is 1. The van der Waals surface area contributed by atoms with Crippen molar-refractivity contribution in [1.29, 1.82) is 0 Å². The van der Waals surface area contributed by atoms with Crippen LogP contribution in [-0.4, -0.2) is 36.0 Å². The highest BCUT2D eigenvalue weighted by Crippen LogP contribution is 2.14. The third-order valence-electron chi connectivity index (χ3n) is 2.05. The molecule has 16 heavy (non-hydrogen) atoms. The molecule has 1 aromatic rings. The summed E-state index contributed by atoms with van der Waals surface area (Å²) in [6.07, 6.45) is 2.38. The van der Waals surface area contributed by atoms with Gasteiger partial charge in [-0.3, -0.25) is 4.79 Å². The number of carboxylic acids is 1.